The maximum Gasteiger partial charge on any atom is 0.141 e. The van der Waals surface area contributed by atoms with Gasteiger partial charge < -0.3 is 10.5 Å². The summed E-state index contributed by atoms with van der Waals surface area (Å²) in [6.45, 7) is 1.97. The Labute approximate surface area is 107 Å². The molecule has 1 aromatic carbocycles. The van der Waals surface area contributed by atoms with E-state index in [-0.39, 0.29) is 0 Å². The van der Waals surface area contributed by atoms with E-state index < -0.39 is 0 Å². The Morgan fingerprint density at radius 2 is 2.00 bits per heavy atom. The monoisotopic (exact) mass is 243 g/mol. The minimum Gasteiger partial charge on any atom is -0.495 e. The van der Waals surface area contributed by atoms with E-state index >= 15 is 0 Å². The minimum atomic E-state index is 0.675. The van der Waals surface area contributed by atoms with Crippen LogP contribution in [0.3, 0.4) is 0 Å². The van der Waals surface area contributed by atoms with Crippen molar-refractivity contribution in [3.8, 4) is 5.75 Å². The van der Waals surface area contributed by atoms with Gasteiger partial charge in [0.05, 0.1) is 12.8 Å². The second-order valence-corrected chi connectivity index (χ2v) is 4.23. The highest BCUT2D eigenvalue weighted by Crippen LogP contribution is 2.22. The fourth-order valence-corrected chi connectivity index (χ4v) is 1.86. The number of hydrogen-bond donors (Lipinski definition) is 1. The Hall–Kier alpha value is -2.10. The lowest BCUT2D eigenvalue weighted by atomic mass is 10.1. The Kier molecular flexibility index (Phi) is 3.77. The standard InChI is InChI=1S/C14H17N3O/c1-10-7-12(17-9-16-10)5-3-11-4-6-14(18-2)13(15)8-11/h4,6-9H,3,5,15H2,1-2H3. The van der Waals surface area contributed by atoms with Crippen LogP contribution in [0.25, 0.3) is 0 Å². The number of benzene rings is 1. The van der Waals surface area contributed by atoms with Gasteiger partial charge in [0, 0.05) is 11.4 Å². The van der Waals surface area contributed by atoms with E-state index in [0.717, 1.165) is 30.0 Å². The van der Waals surface area contributed by atoms with E-state index in [1.54, 1.807) is 13.4 Å². The SMILES string of the molecule is COc1ccc(CCc2cc(C)ncn2)cc1N. The van der Waals surface area contributed by atoms with Crippen molar-refractivity contribution in [3.63, 3.8) is 0 Å². The van der Waals surface area contributed by atoms with Crippen molar-refractivity contribution in [2.45, 2.75) is 19.8 Å². The number of hydrogen-bond acceptors (Lipinski definition) is 4. The summed E-state index contributed by atoms with van der Waals surface area (Å²) in [7, 11) is 1.62. The molecule has 4 heteroatoms. The zero-order chi connectivity index (χ0) is 13.0. The summed E-state index contributed by atoms with van der Waals surface area (Å²) in [5.74, 6) is 0.719. The molecule has 1 heterocycles. The molecule has 0 amide bonds. The summed E-state index contributed by atoms with van der Waals surface area (Å²) in [6, 6.07) is 7.89. The average Bonchev–Trinajstić information content (AvgIpc) is 2.37. The first-order valence-electron chi connectivity index (χ1n) is 5.89. The number of methoxy groups -OCH3 is 1. The number of rotatable bonds is 4. The lowest BCUT2D eigenvalue weighted by Gasteiger charge is -2.07. The molecule has 0 aliphatic carbocycles. The summed E-state index contributed by atoms with van der Waals surface area (Å²) in [5.41, 5.74) is 9.78. The number of ether oxygens (including phenoxy) is 1. The van der Waals surface area contributed by atoms with Gasteiger partial charge in [-0.05, 0) is 43.5 Å². The number of aromatic nitrogens is 2. The molecule has 0 saturated carbocycles. The lowest BCUT2D eigenvalue weighted by molar-refractivity contribution is 0.417. The largest absolute Gasteiger partial charge is 0.495 e. The molecule has 0 bridgehead atoms. The van der Waals surface area contributed by atoms with Gasteiger partial charge in [-0.25, -0.2) is 9.97 Å². The highest BCUT2D eigenvalue weighted by Gasteiger charge is 2.02. The topological polar surface area (TPSA) is 61.0 Å². The Bertz CT molecular complexity index is 540. The van der Waals surface area contributed by atoms with E-state index in [1.807, 2.05) is 31.2 Å². The van der Waals surface area contributed by atoms with Crippen molar-refractivity contribution in [1.29, 1.82) is 0 Å². The van der Waals surface area contributed by atoms with Crippen molar-refractivity contribution >= 4 is 5.69 Å². The zero-order valence-electron chi connectivity index (χ0n) is 10.7. The van der Waals surface area contributed by atoms with Gasteiger partial charge in [0.2, 0.25) is 0 Å². The summed E-state index contributed by atoms with van der Waals surface area (Å²) in [6.07, 6.45) is 3.40. The Morgan fingerprint density at radius 1 is 1.17 bits per heavy atom. The smallest absolute Gasteiger partial charge is 0.141 e. The predicted molar refractivity (Wildman–Crippen MR) is 71.6 cm³/mol. The lowest BCUT2D eigenvalue weighted by Crippen LogP contribution is -1.98. The quantitative estimate of drug-likeness (QED) is 0.836. The molecule has 0 unspecified atom stereocenters. The van der Waals surface area contributed by atoms with Crippen molar-refractivity contribution in [1.82, 2.24) is 9.97 Å². The third-order valence-corrected chi connectivity index (χ3v) is 2.82. The molecular formula is C14H17N3O. The van der Waals surface area contributed by atoms with Gasteiger partial charge in [0.1, 0.15) is 12.1 Å². The number of nitrogen functional groups attached to an aromatic ring is 1. The predicted octanol–water partition coefficient (Wildman–Crippen LogP) is 2.16. The van der Waals surface area contributed by atoms with E-state index in [9.17, 15) is 0 Å². The summed E-state index contributed by atoms with van der Waals surface area (Å²) in [5, 5.41) is 0. The van der Waals surface area contributed by atoms with E-state index in [4.69, 9.17) is 10.5 Å². The van der Waals surface area contributed by atoms with Gasteiger partial charge in [-0.3, -0.25) is 0 Å². The van der Waals surface area contributed by atoms with Crippen LogP contribution in [0.15, 0.2) is 30.6 Å². The van der Waals surface area contributed by atoms with Crippen LogP contribution in [-0.2, 0) is 12.8 Å². The minimum absolute atomic E-state index is 0.675. The molecule has 0 aliphatic heterocycles. The molecule has 0 radical (unpaired) electrons. The molecular weight excluding hydrogens is 226 g/mol. The molecule has 2 aromatic rings. The van der Waals surface area contributed by atoms with E-state index in [0.29, 0.717) is 5.69 Å². The van der Waals surface area contributed by atoms with Gasteiger partial charge in [-0.1, -0.05) is 6.07 Å². The second-order valence-electron chi connectivity index (χ2n) is 4.23. The van der Waals surface area contributed by atoms with E-state index in [1.165, 1.54) is 5.56 Å². The molecule has 4 nitrogen and oxygen atoms in total. The maximum atomic E-state index is 5.87. The fraction of sp³-hybridized carbons (Fsp3) is 0.286. The summed E-state index contributed by atoms with van der Waals surface area (Å²) in [4.78, 5) is 8.33. The van der Waals surface area contributed by atoms with Gasteiger partial charge in [0.15, 0.2) is 0 Å². The van der Waals surface area contributed by atoms with Crippen LogP contribution >= 0.6 is 0 Å². The third kappa shape index (κ3) is 2.97. The second kappa shape index (κ2) is 5.49. The summed E-state index contributed by atoms with van der Waals surface area (Å²) < 4.78 is 5.13. The average molecular weight is 243 g/mol. The van der Waals surface area contributed by atoms with Gasteiger partial charge in [0.25, 0.3) is 0 Å². The molecule has 2 N–H and O–H groups in total. The van der Waals surface area contributed by atoms with Crippen molar-refractivity contribution in [3.05, 3.63) is 47.5 Å². The van der Waals surface area contributed by atoms with Crippen molar-refractivity contribution in [2.75, 3.05) is 12.8 Å². The number of aryl methyl sites for hydroxylation is 3. The van der Waals surface area contributed by atoms with Gasteiger partial charge in [-0.15, -0.1) is 0 Å². The molecule has 0 spiro atoms. The molecule has 2 rings (SSSR count). The molecule has 0 saturated heterocycles. The maximum absolute atomic E-state index is 5.87. The van der Waals surface area contributed by atoms with Gasteiger partial charge in [-0.2, -0.15) is 0 Å². The van der Waals surface area contributed by atoms with Crippen LogP contribution in [0.5, 0.6) is 5.75 Å². The van der Waals surface area contributed by atoms with Crippen LogP contribution in [0, 0.1) is 6.92 Å². The molecule has 1 aromatic heterocycles. The molecule has 0 fully saturated rings. The molecule has 94 valence electrons. The zero-order valence-corrected chi connectivity index (χ0v) is 10.7. The van der Waals surface area contributed by atoms with E-state index in [2.05, 4.69) is 9.97 Å². The highest BCUT2D eigenvalue weighted by atomic mass is 16.5. The first-order valence-corrected chi connectivity index (χ1v) is 5.89. The first-order chi connectivity index (χ1) is 8.69. The van der Waals surface area contributed by atoms with Gasteiger partial charge >= 0.3 is 0 Å². The van der Waals surface area contributed by atoms with Crippen molar-refractivity contribution < 1.29 is 4.74 Å². The van der Waals surface area contributed by atoms with Crippen LogP contribution in [0.1, 0.15) is 17.0 Å². The number of nitrogens with zero attached hydrogens (tertiary/aromatic N) is 2. The molecule has 18 heavy (non-hydrogen) atoms. The number of nitrogens with two attached hydrogens (primary N) is 1. The van der Waals surface area contributed by atoms with Crippen LogP contribution < -0.4 is 10.5 Å². The highest BCUT2D eigenvalue weighted by molar-refractivity contribution is 5.54. The third-order valence-electron chi connectivity index (χ3n) is 2.82. The Morgan fingerprint density at radius 3 is 2.67 bits per heavy atom. The molecule has 0 atom stereocenters. The first kappa shape index (κ1) is 12.4. The van der Waals surface area contributed by atoms with Crippen LogP contribution in [-0.4, -0.2) is 17.1 Å². The fourth-order valence-electron chi connectivity index (χ4n) is 1.86. The van der Waals surface area contributed by atoms with Crippen molar-refractivity contribution in [2.24, 2.45) is 0 Å². The van der Waals surface area contributed by atoms with Crippen LogP contribution in [0.2, 0.25) is 0 Å². The number of anilines is 1. The Balaban J connectivity index is 2.04. The normalized spacial score (nSPS) is 10.3. The summed E-state index contributed by atoms with van der Waals surface area (Å²) >= 11 is 0. The van der Waals surface area contributed by atoms with Crippen LogP contribution in [0.4, 0.5) is 5.69 Å². The molecule has 0 aliphatic rings.